The van der Waals surface area contributed by atoms with Crippen LogP contribution in [0.5, 0.6) is 0 Å². The van der Waals surface area contributed by atoms with Crippen LogP contribution in [0.4, 0.5) is 5.69 Å². The Morgan fingerprint density at radius 2 is 1.23 bits per heavy atom. The Labute approximate surface area is 178 Å². The fourth-order valence-electron chi connectivity index (χ4n) is 4.15. The molecule has 0 bridgehead atoms. The summed E-state index contributed by atoms with van der Waals surface area (Å²) in [7, 11) is 2.07. The van der Waals surface area contributed by atoms with Gasteiger partial charge < -0.3 is 9.14 Å². The molecule has 0 radical (unpaired) electrons. The molecule has 0 fully saturated rings. The second-order valence-corrected chi connectivity index (χ2v) is 7.82. The van der Waals surface area contributed by atoms with Crippen molar-refractivity contribution in [2.45, 2.75) is 20.8 Å². The molecule has 0 saturated heterocycles. The molecule has 0 amide bonds. The Kier molecular flexibility index (Phi) is 5.36. The van der Waals surface area contributed by atoms with Gasteiger partial charge in [0.1, 0.15) is 0 Å². The summed E-state index contributed by atoms with van der Waals surface area (Å²) in [6.45, 7) is 4.49. The maximum atomic E-state index is 6.74. The molecule has 4 rings (SSSR count). The van der Waals surface area contributed by atoms with E-state index in [2.05, 4.69) is 84.1 Å². The monoisotopic (exact) mass is 395 g/mol. The Balaban J connectivity index is 1.82. The maximum Gasteiger partial charge on any atom is 0.508 e. The quantitative estimate of drug-likeness (QED) is 0.466. The molecule has 4 nitrogen and oxygen atoms in total. The summed E-state index contributed by atoms with van der Waals surface area (Å²) in [5.74, 6) is 0.772. The molecular weight excluding hydrogens is 369 g/mol. The van der Waals surface area contributed by atoms with Crippen LogP contribution in [0.2, 0.25) is 0 Å². The minimum absolute atomic E-state index is 0.766. The second kappa shape index (κ2) is 8.11. The van der Waals surface area contributed by atoms with E-state index in [-0.39, 0.29) is 0 Å². The molecule has 30 heavy (non-hydrogen) atoms. The summed E-state index contributed by atoms with van der Waals surface area (Å²) < 4.78 is 8.95. The lowest BCUT2D eigenvalue weighted by Crippen LogP contribution is -2.70. The number of allylic oxidation sites excluding steroid dienone is 2. The summed E-state index contributed by atoms with van der Waals surface area (Å²) in [6.07, 6.45) is 0. The fourth-order valence-corrected chi connectivity index (χ4v) is 4.15. The van der Waals surface area contributed by atoms with Crippen molar-refractivity contribution in [2.75, 3.05) is 7.05 Å². The predicted molar refractivity (Wildman–Crippen MR) is 124 cm³/mol. The van der Waals surface area contributed by atoms with Crippen molar-refractivity contribution < 1.29 is 9.14 Å². The van der Waals surface area contributed by atoms with Gasteiger partial charge in [-0.3, -0.25) is 0 Å². The standard InChI is InChI=1S/C25H26BN3O/c1-19-15-17-24(18-16-19)27-28-25-20(2)29(4)26(30-21(25)3,22-11-7-5-8-12-22)23-13-9-6-10-14-23/h5-18H,1-4H3. The Morgan fingerprint density at radius 3 is 1.77 bits per heavy atom. The van der Waals surface area contributed by atoms with Gasteiger partial charge in [0.05, 0.1) is 18.5 Å². The van der Waals surface area contributed by atoms with Gasteiger partial charge in [-0.2, -0.15) is 5.11 Å². The van der Waals surface area contributed by atoms with Crippen LogP contribution in [-0.2, 0) is 4.65 Å². The van der Waals surface area contributed by atoms with Gasteiger partial charge in [0.15, 0.2) is 11.4 Å². The van der Waals surface area contributed by atoms with E-state index in [1.54, 1.807) is 0 Å². The lowest BCUT2D eigenvalue weighted by Gasteiger charge is -2.42. The first-order valence-corrected chi connectivity index (χ1v) is 10.2. The normalized spacial score (nSPS) is 16.1. The highest BCUT2D eigenvalue weighted by atomic mass is 16.5. The minimum Gasteiger partial charge on any atom is -0.653 e. The molecule has 1 aliphatic rings. The van der Waals surface area contributed by atoms with Gasteiger partial charge in [-0.05, 0) is 26.0 Å². The molecule has 150 valence electrons. The SMILES string of the molecule is CC1=C(N=Nc2ccc(C)cc2)C(C)=[N+](C)[B-](c2ccccc2)(c2ccccc2)O1. The number of hydrogen-bond donors (Lipinski definition) is 0. The van der Waals surface area contributed by atoms with Crippen molar-refractivity contribution in [1.29, 1.82) is 0 Å². The molecular formula is C25H26BN3O. The lowest BCUT2D eigenvalue weighted by atomic mass is 9.40. The van der Waals surface area contributed by atoms with Gasteiger partial charge in [-0.25, -0.2) is 0 Å². The average molecular weight is 395 g/mol. The van der Waals surface area contributed by atoms with Gasteiger partial charge in [0.25, 0.3) is 0 Å². The number of aryl methyl sites for hydroxylation is 1. The zero-order valence-corrected chi connectivity index (χ0v) is 17.9. The van der Waals surface area contributed by atoms with E-state index in [4.69, 9.17) is 4.65 Å². The molecule has 5 heteroatoms. The fraction of sp³-hybridized carbons (Fsp3) is 0.160. The smallest absolute Gasteiger partial charge is 0.508 e. The minimum atomic E-state index is -1.63. The molecule has 1 aliphatic heterocycles. The van der Waals surface area contributed by atoms with Gasteiger partial charge >= 0.3 is 6.48 Å². The van der Waals surface area contributed by atoms with E-state index in [1.165, 1.54) is 5.56 Å². The van der Waals surface area contributed by atoms with Crippen LogP contribution in [0.15, 0.2) is 107 Å². The van der Waals surface area contributed by atoms with Gasteiger partial charge in [0.2, 0.25) is 0 Å². The molecule has 3 aromatic carbocycles. The summed E-state index contributed by atoms with van der Waals surface area (Å²) >= 11 is 0. The van der Waals surface area contributed by atoms with Crippen LogP contribution >= 0.6 is 0 Å². The number of azo groups is 1. The zero-order chi connectivity index (χ0) is 21.1. The van der Waals surface area contributed by atoms with Crippen molar-refractivity contribution >= 4 is 28.8 Å². The molecule has 1 heterocycles. The molecule has 3 aromatic rings. The number of hydrogen-bond acceptors (Lipinski definition) is 3. The summed E-state index contributed by atoms with van der Waals surface area (Å²) in [6, 6.07) is 28.8. The summed E-state index contributed by atoms with van der Waals surface area (Å²) in [5.41, 5.74) is 6.07. The van der Waals surface area contributed by atoms with E-state index in [1.807, 2.05) is 43.3 Å². The second-order valence-electron chi connectivity index (χ2n) is 7.82. The van der Waals surface area contributed by atoms with Crippen molar-refractivity contribution in [3.05, 3.63) is 102 Å². The largest absolute Gasteiger partial charge is 0.653 e. The Bertz CT molecular complexity index is 1090. The van der Waals surface area contributed by atoms with Crippen LogP contribution in [0.25, 0.3) is 0 Å². The molecule has 0 N–H and O–H groups in total. The van der Waals surface area contributed by atoms with E-state index in [9.17, 15) is 0 Å². The highest BCUT2D eigenvalue weighted by Gasteiger charge is 2.48. The first-order valence-electron chi connectivity index (χ1n) is 10.2. The third-order valence-electron chi connectivity index (χ3n) is 5.90. The molecule has 0 aliphatic carbocycles. The molecule has 0 saturated carbocycles. The molecule has 0 aromatic heterocycles. The van der Waals surface area contributed by atoms with Crippen LogP contribution in [0, 0.1) is 6.92 Å². The van der Waals surface area contributed by atoms with Crippen molar-refractivity contribution in [3.63, 3.8) is 0 Å². The third-order valence-corrected chi connectivity index (χ3v) is 5.90. The van der Waals surface area contributed by atoms with E-state index in [0.29, 0.717) is 0 Å². The van der Waals surface area contributed by atoms with Gasteiger partial charge in [-0.15, -0.1) is 5.11 Å². The van der Waals surface area contributed by atoms with Crippen LogP contribution in [0.3, 0.4) is 0 Å². The van der Waals surface area contributed by atoms with E-state index in [0.717, 1.165) is 33.8 Å². The van der Waals surface area contributed by atoms with E-state index >= 15 is 0 Å². The first kappa shape index (κ1) is 19.8. The van der Waals surface area contributed by atoms with Crippen molar-refractivity contribution in [1.82, 2.24) is 0 Å². The number of benzene rings is 3. The van der Waals surface area contributed by atoms with Gasteiger partial charge in [-0.1, -0.05) is 89.3 Å². The average Bonchev–Trinajstić information content (AvgIpc) is 2.78. The molecule has 0 unspecified atom stereocenters. The predicted octanol–water partition coefficient (Wildman–Crippen LogP) is 4.70. The zero-order valence-electron chi connectivity index (χ0n) is 17.9. The van der Waals surface area contributed by atoms with Gasteiger partial charge in [0, 0.05) is 6.92 Å². The van der Waals surface area contributed by atoms with E-state index < -0.39 is 6.48 Å². The summed E-state index contributed by atoms with van der Waals surface area (Å²) in [4.78, 5) is 0. The summed E-state index contributed by atoms with van der Waals surface area (Å²) in [5, 5.41) is 9.01. The van der Waals surface area contributed by atoms with Crippen LogP contribution in [-0.4, -0.2) is 23.7 Å². The third kappa shape index (κ3) is 3.48. The van der Waals surface area contributed by atoms with Crippen LogP contribution < -0.4 is 10.9 Å². The topological polar surface area (TPSA) is 37.0 Å². The molecule has 0 spiro atoms. The Hall–Kier alpha value is -3.47. The van der Waals surface area contributed by atoms with Crippen molar-refractivity contribution in [2.24, 2.45) is 10.2 Å². The highest BCUT2D eigenvalue weighted by Crippen LogP contribution is 2.25. The van der Waals surface area contributed by atoms with Crippen molar-refractivity contribution in [3.8, 4) is 0 Å². The molecule has 0 atom stereocenters. The lowest BCUT2D eigenvalue weighted by molar-refractivity contribution is -0.376. The van der Waals surface area contributed by atoms with Crippen LogP contribution in [0.1, 0.15) is 19.4 Å². The number of nitrogens with zero attached hydrogens (tertiary/aromatic N) is 3. The number of rotatable bonds is 4. The highest BCUT2D eigenvalue weighted by molar-refractivity contribution is 6.92. The Morgan fingerprint density at radius 1 is 0.700 bits per heavy atom. The maximum absolute atomic E-state index is 6.74. The first-order chi connectivity index (χ1) is 14.5.